The van der Waals surface area contributed by atoms with E-state index in [1.165, 1.54) is 0 Å². The highest BCUT2D eigenvalue weighted by atomic mass is 35.5. The molecule has 0 spiro atoms. The predicted octanol–water partition coefficient (Wildman–Crippen LogP) is 4.15. The summed E-state index contributed by atoms with van der Waals surface area (Å²) in [5, 5.41) is 0.590. The average molecular weight is 230 g/mol. The number of rotatable bonds is 1. The first-order chi connectivity index (χ1) is 7.84. The van der Waals surface area contributed by atoms with Crippen molar-refractivity contribution in [2.24, 2.45) is 0 Å². The van der Waals surface area contributed by atoms with Gasteiger partial charge in [-0.3, -0.25) is 0 Å². The molecule has 0 saturated heterocycles. The van der Waals surface area contributed by atoms with Crippen LogP contribution in [0.5, 0.6) is 0 Å². The molecular formula is C13H8ClNO. The number of aromatic nitrogens is 1. The topological polar surface area (TPSA) is 26.0 Å². The lowest BCUT2D eigenvalue weighted by Gasteiger charge is -1.92. The lowest BCUT2D eigenvalue weighted by Crippen LogP contribution is -1.74. The molecule has 3 aromatic rings. The van der Waals surface area contributed by atoms with Crippen LogP contribution in [0.3, 0.4) is 0 Å². The molecule has 0 saturated carbocycles. The van der Waals surface area contributed by atoms with Crippen LogP contribution in [-0.4, -0.2) is 4.98 Å². The van der Waals surface area contributed by atoms with Crippen molar-refractivity contribution in [1.29, 1.82) is 0 Å². The average Bonchev–Trinajstić information content (AvgIpc) is 2.76. The lowest BCUT2D eigenvalue weighted by molar-refractivity contribution is 0.620. The largest absolute Gasteiger partial charge is 0.435 e. The summed E-state index contributed by atoms with van der Waals surface area (Å²) in [7, 11) is 0. The SMILES string of the molecule is Clc1cccc2nc(-c3ccccc3)oc12. The van der Waals surface area contributed by atoms with E-state index in [9.17, 15) is 0 Å². The minimum Gasteiger partial charge on any atom is -0.435 e. The van der Waals surface area contributed by atoms with Crippen molar-refractivity contribution in [2.75, 3.05) is 0 Å². The number of nitrogens with zero attached hydrogens (tertiary/aromatic N) is 1. The van der Waals surface area contributed by atoms with Crippen LogP contribution in [0, 0.1) is 0 Å². The van der Waals surface area contributed by atoms with E-state index in [1.54, 1.807) is 6.07 Å². The van der Waals surface area contributed by atoms with E-state index >= 15 is 0 Å². The molecule has 0 aliphatic carbocycles. The molecule has 16 heavy (non-hydrogen) atoms. The molecule has 0 atom stereocenters. The monoisotopic (exact) mass is 229 g/mol. The summed E-state index contributed by atoms with van der Waals surface area (Å²) in [5.74, 6) is 0.601. The molecule has 3 heteroatoms. The van der Waals surface area contributed by atoms with Gasteiger partial charge in [0, 0.05) is 5.56 Å². The van der Waals surface area contributed by atoms with Gasteiger partial charge in [0.05, 0.1) is 5.02 Å². The third-order valence-electron chi connectivity index (χ3n) is 2.39. The highest BCUT2D eigenvalue weighted by molar-refractivity contribution is 6.34. The van der Waals surface area contributed by atoms with E-state index < -0.39 is 0 Å². The molecule has 3 rings (SSSR count). The molecule has 0 N–H and O–H groups in total. The van der Waals surface area contributed by atoms with Crippen molar-refractivity contribution < 1.29 is 4.42 Å². The first kappa shape index (κ1) is 9.43. The van der Waals surface area contributed by atoms with Crippen molar-refractivity contribution in [1.82, 2.24) is 4.98 Å². The zero-order valence-corrected chi connectivity index (χ0v) is 9.11. The number of halogens is 1. The fraction of sp³-hybridized carbons (Fsp3) is 0. The number of para-hydroxylation sites is 1. The van der Waals surface area contributed by atoms with Crippen LogP contribution in [0.4, 0.5) is 0 Å². The smallest absolute Gasteiger partial charge is 0.227 e. The summed E-state index contributed by atoms with van der Waals surface area (Å²) >= 11 is 6.02. The van der Waals surface area contributed by atoms with Crippen LogP contribution in [0.25, 0.3) is 22.6 Å². The molecule has 0 amide bonds. The first-order valence-electron chi connectivity index (χ1n) is 4.95. The highest BCUT2D eigenvalue weighted by Gasteiger charge is 2.09. The summed E-state index contributed by atoms with van der Waals surface area (Å²) in [6.45, 7) is 0. The minimum atomic E-state index is 0.590. The Labute approximate surface area is 97.5 Å². The van der Waals surface area contributed by atoms with Crippen molar-refractivity contribution in [3.05, 3.63) is 53.6 Å². The third kappa shape index (κ3) is 1.48. The molecule has 0 fully saturated rings. The number of hydrogen-bond donors (Lipinski definition) is 0. The summed E-state index contributed by atoms with van der Waals surface area (Å²) in [6.07, 6.45) is 0. The molecule has 0 bridgehead atoms. The van der Waals surface area contributed by atoms with E-state index in [2.05, 4.69) is 4.98 Å². The Balaban J connectivity index is 2.23. The van der Waals surface area contributed by atoms with E-state index in [0.717, 1.165) is 11.1 Å². The van der Waals surface area contributed by atoms with Gasteiger partial charge >= 0.3 is 0 Å². The molecule has 1 heterocycles. The minimum absolute atomic E-state index is 0.590. The second-order valence-corrected chi connectivity index (χ2v) is 3.88. The van der Waals surface area contributed by atoms with Gasteiger partial charge in [-0.1, -0.05) is 35.9 Å². The Hall–Kier alpha value is -1.80. The summed E-state index contributed by atoms with van der Waals surface area (Å²) < 4.78 is 5.64. The van der Waals surface area contributed by atoms with E-state index in [0.29, 0.717) is 16.5 Å². The van der Waals surface area contributed by atoms with Gasteiger partial charge in [0.2, 0.25) is 5.89 Å². The zero-order chi connectivity index (χ0) is 11.0. The summed E-state index contributed by atoms with van der Waals surface area (Å²) in [5.41, 5.74) is 2.38. The van der Waals surface area contributed by atoms with Crippen molar-refractivity contribution in [2.45, 2.75) is 0 Å². The van der Waals surface area contributed by atoms with Crippen LogP contribution < -0.4 is 0 Å². The fourth-order valence-corrected chi connectivity index (χ4v) is 1.83. The molecule has 78 valence electrons. The van der Waals surface area contributed by atoms with E-state index in [4.69, 9.17) is 16.0 Å². The van der Waals surface area contributed by atoms with Crippen LogP contribution >= 0.6 is 11.6 Å². The maximum atomic E-state index is 6.02. The second kappa shape index (κ2) is 3.65. The van der Waals surface area contributed by atoms with Crippen LogP contribution in [-0.2, 0) is 0 Å². The molecule has 0 aliphatic heterocycles. The molecule has 0 unspecified atom stereocenters. The quantitative estimate of drug-likeness (QED) is 0.627. The predicted molar refractivity (Wildman–Crippen MR) is 64.5 cm³/mol. The van der Waals surface area contributed by atoms with Crippen LogP contribution in [0.15, 0.2) is 52.9 Å². The van der Waals surface area contributed by atoms with Gasteiger partial charge in [-0.05, 0) is 24.3 Å². The van der Waals surface area contributed by atoms with Crippen LogP contribution in [0.2, 0.25) is 5.02 Å². The second-order valence-electron chi connectivity index (χ2n) is 3.47. The maximum absolute atomic E-state index is 6.02. The third-order valence-corrected chi connectivity index (χ3v) is 2.69. The molecule has 2 aromatic carbocycles. The molecule has 0 radical (unpaired) electrons. The molecule has 0 aliphatic rings. The first-order valence-corrected chi connectivity index (χ1v) is 5.33. The zero-order valence-electron chi connectivity index (χ0n) is 8.35. The normalized spacial score (nSPS) is 10.8. The Morgan fingerprint density at radius 2 is 1.75 bits per heavy atom. The number of hydrogen-bond acceptors (Lipinski definition) is 2. The number of fused-ring (bicyclic) bond motifs is 1. The van der Waals surface area contributed by atoms with Gasteiger partial charge in [-0.25, -0.2) is 4.98 Å². The van der Waals surface area contributed by atoms with Gasteiger partial charge < -0.3 is 4.42 Å². The lowest BCUT2D eigenvalue weighted by atomic mass is 10.2. The van der Waals surface area contributed by atoms with E-state index in [1.807, 2.05) is 42.5 Å². The van der Waals surface area contributed by atoms with Gasteiger partial charge in [0.25, 0.3) is 0 Å². The van der Waals surface area contributed by atoms with Gasteiger partial charge in [-0.15, -0.1) is 0 Å². The molecule has 1 aromatic heterocycles. The maximum Gasteiger partial charge on any atom is 0.227 e. The number of oxazole rings is 1. The Morgan fingerprint density at radius 1 is 0.938 bits per heavy atom. The summed E-state index contributed by atoms with van der Waals surface area (Å²) in [4.78, 5) is 4.39. The van der Waals surface area contributed by atoms with Crippen molar-refractivity contribution >= 4 is 22.7 Å². The Kier molecular flexibility index (Phi) is 2.15. The highest BCUT2D eigenvalue weighted by Crippen LogP contribution is 2.28. The Bertz CT molecular complexity index is 631. The van der Waals surface area contributed by atoms with Gasteiger partial charge in [0.15, 0.2) is 5.58 Å². The summed E-state index contributed by atoms with van der Waals surface area (Å²) in [6, 6.07) is 15.3. The standard InChI is InChI=1S/C13H8ClNO/c14-10-7-4-8-11-12(10)16-13(15-11)9-5-2-1-3-6-9/h1-8H. The molecular weight excluding hydrogens is 222 g/mol. The van der Waals surface area contributed by atoms with Gasteiger partial charge in [0.1, 0.15) is 5.52 Å². The fourth-order valence-electron chi connectivity index (χ4n) is 1.62. The van der Waals surface area contributed by atoms with Crippen LogP contribution in [0.1, 0.15) is 0 Å². The van der Waals surface area contributed by atoms with Crippen molar-refractivity contribution in [3.63, 3.8) is 0 Å². The van der Waals surface area contributed by atoms with Gasteiger partial charge in [-0.2, -0.15) is 0 Å². The van der Waals surface area contributed by atoms with E-state index in [-0.39, 0.29) is 0 Å². The van der Waals surface area contributed by atoms with Crippen molar-refractivity contribution in [3.8, 4) is 11.5 Å². The number of benzene rings is 2. The molecule has 2 nitrogen and oxygen atoms in total. The Morgan fingerprint density at radius 3 is 2.50 bits per heavy atom.